The molecule has 4 heteroatoms. The third kappa shape index (κ3) is 1.78. The van der Waals surface area contributed by atoms with Gasteiger partial charge in [-0.1, -0.05) is 12.1 Å². The van der Waals surface area contributed by atoms with E-state index in [1.807, 2.05) is 0 Å². The minimum atomic E-state index is 0.154. The molecule has 1 aromatic rings. The van der Waals surface area contributed by atoms with Gasteiger partial charge in [-0.05, 0) is 47.6 Å². The minimum absolute atomic E-state index is 0.154. The predicted octanol–water partition coefficient (Wildman–Crippen LogP) is 2.22. The van der Waals surface area contributed by atoms with Gasteiger partial charge in [0.15, 0.2) is 0 Å². The third-order valence-corrected chi connectivity index (χ3v) is 5.15. The fourth-order valence-corrected chi connectivity index (χ4v) is 4.20. The summed E-state index contributed by atoms with van der Waals surface area (Å²) in [6, 6.07) is 7.09. The summed E-state index contributed by atoms with van der Waals surface area (Å²) < 4.78 is 1.16. The van der Waals surface area contributed by atoms with Crippen LogP contribution in [0.4, 0.5) is 5.69 Å². The second kappa shape index (κ2) is 4.51. The van der Waals surface area contributed by atoms with E-state index < -0.39 is 0 Å². The lowest BCUT2D eigenvalue weighted by molar-refractivity contribution is 0.154. The van der Waals surface area contributed by atoms with Crippen molar-refractivity contribution in [3.8, 4) is 0 Å². The normalized spacial score (nSPS) is 32.0. The van der Waals surface area contributed by atoms with Gasteiger partial charge >= 0.3 is 0 Å². The van der Waals surface area contributed by atoms with E-state index in [9.17, 15) is 0 Å². The van der Waals surface area contributed by atoms with Gasteiger partial charge in [0.1, 0.15) is 0 Å². The highest BCUT2D eigenvalue weighted by Crippen LogP contribution is 2.44. The Morgan fingerprint density at radius 2 is 2.11 bits per heavy atom. The molecule has 0 saturated carbocycles. The van der Waals surface area contributed by atoms with E-state index in [4.69, 9.17) is 5.73 Å². The van der Waals surface area contributed by atoms with Gasteiger partial charge < -0.3 is 15.5 Å². The Bertz CT molecular complexity index is 462. The van der Waals surface area contributed by atoms with Crippen molar-refractivity contribution in [3.05, 3.63) is 28.2 Å². The molecule has 98 valence electrons. The average Bonchev–Trinajstić information content (AvgIpc) is 2.35. The maximum Gasteiger partial charge on any atom is 0.0559 e. The van der Waals surface area contributed by atoms with Gasteiger partial charge in [-0.25, -0.2) is 0 Å². The number of piperidine rings is 1. The fraction of sp³-hybridized carbons (Fsp3) is 0.571. The molecule has 2 N–H and O–H groups in total. The lowest BCUT2D eigenvalue weighted by Crippen LogP contribution is -2.55. The molecule has 1 fully saturated rings. The summed E-state index contributed by atoms with van der Waals surface area (Å²) >= 11 is 3.67. The average molecular weight is 310 g/mol. The van der Waals surface area contributed by atoms with Crippen LogP contribution < -0.4 is 10.6 Å². The molecule has 0 aliphatic carbocycles. The molecule has 2 aliphatic rings. The van der Waals surface area contributed by atoms with Crippen molar-refractivity contribution in [1.29, 1.82) is 0 Å². The molecule has 3 unspecified atom stereocenters. The first-order valence-corrected chi connectivity index (χ1v) is 7.34. The van der Waals surface area contributed by atoms with Crippen LogP contribution in [-0.2, 0) is 0 Å². The molecule has 0 bridgehead atoms. The van der Waals surface area contributed by atoms with Crippen LogP contribution in [0.5, 0.6) is 0 Å². The highest BCUT2D eigenvalue weighted by atomic mass is 79.9. The number of para-hydroxylation sites is 1. The standard InChI is InChI=1S/C14H20BrN3/c1-17-7-6-12-10(8-17)13(16)9-4-3-5-11(15)14(9)18(12)2/h3-5,10,12-13H,6-8,16H2,1-2H3. The Kier molecular flexibility index (Phi) is 3.12. The monoisotopic (exact) mass is 309 g/mol. The second-order valence-corrected chi connectivity index (χ2v) is 6.45. The number of anilines is 1. The van der Waals surface area contributed by atoms with Crippen LogP contribution in [0.25, 0.3) is 0 Å². The molecule has 3 rings (SSSR count). The van der Waals surface area contributed by atoms with Crippen LogP contribution in [0.15, 0.2) is 22.7 Å². The smallest absolute Gasteiger partial charge is 0.0559 e. The summed E-state index contributed by atoms with van der Waals surface area (Å²) in [5.74, 6) is 0.538. The lowest BCUT2D eigenvalue weighted by atomic mass is 9.78. The van der Waals surface area contributed by atoms with E-state index in [-0.39, 0.29) is 6.04 Å². The molecular weight excluding hydrogens is 290 g/mol. The SMILES string of the molecule is CN1CCC2C(C1)C(N)c1cccc(Br)c1N2C. The zero-order valence-electron chi connectivity index (χ0n) is 10.9. The number of hydrogen-bond acceptors (Lipinski definition) is 3. The van der Waals surface area contributed by atoms with Gasteiger partial charge in [0, 0.05) is 36.1 Å². The van der Waals surface area contributed by atoms with Crippen LogP contribution in [0, 0.1) is 5.92 Å². The largest absolute Gasteiger partial charge is 0.370 e. The molecule has 1 saturated heterocycles. The maximum atomic E-state index is 6.52. The van der Waals surface area contributed by atoms with Crippen LogP contribution in [0.2, 0.25) is 0 Å². The first-order chi connectivity index (χ1) is 8.59. The second-order valence-electron chi connectivity index (χ2n) is 5.60. The molecule has 3 atom stereocenters. The van der Waals surface area contributed by atoms with Crippen molar-refractivity contribution < 1.29 is 0 Å². The van der Waals surface area contributed by atoms with E-state index in [0.29, 0.717) is 12.0 Å². The Balaban J connectivity index is 2.06. The topological polar surface area (TPSA) is 32.5 Å². The number of fused-ring (bicyclic) bond motifs is 2. The highest BCUT2D eigenvalue weighted by Gasteiger charge is 2.41. The predicted molar refractivity (Wildman–Crippen MR) is 78.9 cm³/mol. The van der Waals surface area contributed by atoms with E-state index >= 15 is 0 Å². The molecule has 0 spiro atoms. The number of rotatable bonds is 0. The van der Waals surface area contributed by atoms with E-state index in [1.54, 1.807) is 0 Å². The van der Waals surface area contributed by atoms with Gasteiger partial charge in [-0.2, -0.15) is 0 Å². The molecule has 18 heavy (non-hydrogen) atoms. The number of halogens is 1. The molecule has 0 aromatic heterocycles. The first-order valence-electron chi connectivity index (χ1n) is 6.55. The lowest BCUT2D eigenvalue weighted by Gasteiger charge is -2.49. The van der Waals surface area contributed by atoms with Crippen molar-refractivity contribution in [3.63, 3.8) is 0 Å². The van der Waals surface area contributed by atoms with Gasteiger partial charge in [0.25, 0.3) is 0 Å². The number of likely N-dealkylation sites (tertiary alicyclic amines) is 1. The van der Waals surface area contributed by atoms with Gasteiger partial charge in [0.05, 0.1) is 5.69 Å². The van der Waals surface area contributed by atoms with Crippen molar-refractivity contribution >= 4 is 21.6 Å². The summed E-state index contributed by atoms with van der Waals surface area (Å²) in [7, 11) is 4.40. The molecule has 0 amide bonds. The third-order valence-electron chi connectivity index (χ3n) is 4.51. The molecular formula is C14H20BrN3. The van der Waals surface area contributed by atoms with Crippen molar-refractivity contribution in [2.45, 2.75) is 18.5 Å². The Morgan fingerprint density at radius 1 is 1.33 bits per heavy atom. The number of nitrogens with zero attached hydrogens (tertiary/aromatic N) is 2. The van der Waals surface area contributed by atoms with Crippen molar-refractivity contribution in [2.24, 2.45) is 11.7 Å². The van der Waals surface area contributed by atoms with Crippen LogP contribution >= 0.6 is 15.9 Å². The summed E-state index contributed by atoms with van der Waals surface area (Å²) in [5, 5.41) is 0. The fourth-order valence-electron chi connectivity index (χ4n) is 3.54. The quantitative estimate of drug-likeness (QED) is 0.797. The van der Waals surface area contributed by atoms with Crippen LogP contribution in [0.3, 0.4) is 0 Å². The summed E-state index contributed by atoms with van der Waals surface area (Å²) in [4.78, 5) is 4.83. The Morgan fingerprint density at radius 3 is 2.89 bits per heavy atom. The molecule has 2 aliphatic heterocycles. The van der Waals surface area contributed by atoms with E-state index in [0.717, 1.165) is 17.6 Å². The number of hydrogen-bond donors (Lipinski definition) is 1. The molecule has 1 aromatic carbocycles. The summed E-state index contributed by atoms with van der Waals surface area (Å²) in [6.07, 6.45) is 1.20. The zero-order valence-corrected chi connectivity index (χ0v) is 12.5. The van der Waals surface area contributed by atoms with Gasteiger partial charge in [-0.15, -0.1) is 0 Å². The maximum absolute atomic E-state index is 6.52. The number of benzene rings is 1. The summed E-state index contributed by atoms with van der Waals surface area (Å²) in [6.45, 7) is 2.26. The van der Waals surface area contributed by atoms with Gasteiger partial charge in [0.2, 0.25) is 0 Å². The number of nitrogens with two attached hydrogens (primary N) is 1. The Hall–Kier alpha value is -0.580. The van der Waals surface area contributed by atoms with Crippen LogP contribution in [0.1, 0.15) is 18.0 Å². The van der Waals surface area contributed by atoms with E-state index in [2.05, 4.69) is 58.0 Å². The zero-order chi connectivity index (χ0) is 12.9. The highest BCUT2D eigenvalue weighted by molar-refractivity contribution is 9.10. The minimum Gasteiger partial charge on any atom is -0.370 e. The summed E-state index contributed by atoms with van der Waals surface area (Å²) in [5.41, 5.74) is 9.09. The van der Waals surface area contributed by atoms with Crippen molar-refractivity contribution in [1.82, 2.24) is 4.90 Å². The molecule has 3 nitrogen and oxygen atoms in total. The van der Waals surface area contributed by atoms with Crippen molar-refractivity contribution in [2.75, 3.05) is 32.1 Å². The Labute approximate surface area is 117 Å². The molecule has 2 heterocycles. The van der Waals surface area contributed by atoms with E-state index in [1.165, 1.54) is 17.7 Å². The molecule has 0 radical (unpaired) electrons. The first kappa shape index (κ1) is 12.5. The van der Waals surface area contributed by atoms with Crippen LogP contribution in [-0.4, -0.2) is 38.1 Å². The van der Waals surface area contributed by atoms with Gasteiger partial charge in [-0.3, -0.25) is 0 Å².